The number of amides is 1. The molecule has 32 heavy (non-hydrogen) atoms. The van der Waals surface area contributed by atoms with Gasteiger partial charge >= 0.3 is 5.97 Å². The van der Waals surface area contributed by atoms with Gasteiger partial charge in [-0.05, 0) is 49.2 Å². The van der Waals surface area contributed by atoms with Crippen molar-refractivity contribution in [2.24, 2.45) is 0 Å². The van der Waals surface area contributed by atoms with Crippen molar-refractivity contribution in [3.8, 4) is 11.3 Å². The minimum Gasteiger partial charge on any atom is -0.465 e. The second-order valence-electron chi connectivity index (χ2n) is 7.26. The number of fused-ring (bicyclic) bond motifs is 1. The summed E-state index contributed by atoms with van der Waals surface area (Å²) in [6.45, 7) is 4.16. The molecule has 0 radical (unpaired) electrons. The molecule has 0 aliphatic heterocycles. The first kappa shape index (κ1) is 21.6. The first-order chi connectivity index (χ1) is 15.5. The lowest BCUT2D eigenvalue weighted by molar-refractivity contribution is -0.113. The molecule has 4 rings (SSSR count). The van der Waals surface area contributed by atoms with Crippen molar-refractivity contribution < 1.29 is 14.3 Å². The smallest absolute Gasteiger partial charge is 0.339 e. The van der Waals surface area contributed by atoms with Crippen LogP contribution in [0.15, 0.2) is 66.0 Å². The number of anilines is 1. The van der Waals surface area contributed by atoms with Crippen LogP contribution >= 0.6 is 11.8 Å². The van der Waals surface area contributed by atoms with E-state index in [-0.39, 0.29) is 11.7 Å². The molecule has 2 aromatic carbocycles. The molecule has 2 aromatic heterocycles. The molecule has 0 spiro atoms. The lowest BCUT2D eigenvalue weighted by atomic mass is 10.0. The first-order valence-corrected chi connectivity index (χ1v) is 11.0. The highest BCUT2D eigenvalue weighted by Gasteiger charge is 2.15. The summed E-state index contributed by atoms with van der Waals surface area (Å²) < 4.78 is 6.54. The average molecular weight is 447 g/mol. The number of para-hydroxylation sites is 1. The normalized spacial score (nSPS) is 10.8. The van der Waals surface area contributed by atoms with Gasteiger partial charge in [0, 0.05) is 18.0 Å². The predicted octanol–water partition coefficient (Wildman–Crippen LogP) is 4.53. The third-order valence-electron chi connectivity index (χ3n) is 5.10. The molecule has 0 saturated heterocycles. The number of aromatic nitrogens is 3. The number of ether oxygens (including phenoxy) is 1. The van der Waals surface area contributed by atoms with Crippen LogP contribution in [0, 0.1) is 13.8 Å². The molecule has 4 aromatic rings. The van der Waals surface area contributed by atoms with E-state index in [1.54, 1.807) is 41.2 Å². The van der Waals surface area contributed by atoms with E-state index < -0.39 is 5.97 Å². The zero-order chi connectivity index (χ0) is 22.7. The van der Waals surface area contributed by atoms with Gasteiger partial charge in [0.1, 0.15) is 5.03 Å². The number of carbonyl (C=O) groups excluding carboxylic acids is 2. The Labute approximate surface area is 189 Å². The molecule has 0 unspecified atom stereocenters. The molecule has 2 heterocycles. The van der Waals surface area contributed by atoms with Gasteiger partial charge in [0.15, 0.2) is 0 Å². The molecule has 0 bridgehead atoms. The van der Waals surface area contributed by atoms with Crippen LogP contribution in [-0.4, -0.2) is 39.3 Å². The first-order valence-electron chi connectivity index (χ1n) is 9.98. The number of esters is 1. The molecule has 0 saturated carbocycles. The van der Waals surface area contributed by atoms with Gasteiger partial charge in [0.05, 0.1) is 35.3 Å². The van der Waals surface area contributed by atoms with E-state index in [0.29, 0.717) is 16.3 Å². The topological polar surface area (TPSA) is 85.6 Å². The molecule has 0 aliphatic rings. The third-order valence-corrected chi connectivity index (χ3v) is 6.10. The van der Waals surface area contributed by atoms with Crippen molar-refractivity contribution in [2.45, 2.75) is 18.9 Å². The Bertz CT molecular complexity index is 1320. The van der Waals surface area contributed by atoms with Crippen molar-refractivity contribution in [3.63, 3.8) is 0 Å². The van der Waals surface area contributed by atoms with Crippen LogP contribution < -0.4 is 5.32 Å². The number of methoxy groups -OCH3 is 1. The van der Waals surface area contributed by atoms with Crippen LogP contribution in [0.4, 0.5) is 5.69 Å². The molecule has 0 aliphatic carbocycles. The lowest BCUT2D eigenvalue weighted by Crippen LogP contribution is -2.17. The monoisotopic (exact) mass is 446 g/mol. The second-order valence-corrected chi connectivity index (χ2v) is 8.23. The van der Waals surface area contributed by atoms with Gasteiger partial charge in [-0.2, -0.15) is 5.10 Å². The number of nitrogens with one attached hydrogen (secondary N) is 1. The highest BCUT2D eigenvalue weighted by Crippen LogP contribution is 2.27. The SMILES string of the molecule is COC(=O)c1ccccc1NC(=O)CSc1nccn2nc(-c3ccc(C)c(C)c3)cc12. The fourth-order valence-corrected chi connectivity index (χ4v) is 4.03. The zero-order valence-electron chi connectivity index (χ0n) is 18.0. The molecular weight excluding hydrogens is 424 g/mol. The number of carbonyl (C=O) groups is 2. The number of aryl methyl sites for hydroxylation is 2. The van der Waals surface area contributed by atoms with Crippen molar-refractivity contribution in [2.75, 3.05) is 18.2 Å². The molecule has 8 heteroatoms. The third kappa shape index (κ3) is 4.50. The number of thioether (sulfide) groups is 1. The van der Waals surface area contributed by atoms with Crippen LogP contribution in [0.25, 0.3) is 16.8 Å². The van der Waals surface area contributed by atoms with Crippen molar-refractivity contribution in [1.29, 1.82) is 0 Å². The van der Waals surface area contributed by atoms with E-state index in [9.17, 15) is 9.59 Å². The number of rotatable bonds is 6. The summed E-state index contributed by atoms with van der Waals surface area (Å²) in [6.07, 6.45) is 3.45. The molecule has 7 nitrogen and oxygen atoms in total. The van der Waals surface area contributed by atoms with E-state index in [1.165, 1.54) is 30.0 Å². The molecule has 1 amide bonds. The Morgan fingerprint density at radius 1 is 1.09 bits per heavy atom. The lowest BCUT2D eigenvalue weighted by Gasteiger charge is -2.09. The fraction of sp³-hybridized carbons (Fsp3) is 0.167. The summed E-state index contributed by atoms with van der Waals surface area (Å²) in [5.41, 5.74) is 5.86. The minimum atomic E-state index is -0.502. The van der Waals surface area contributed by atoms with Gasteiger partial charge < -0.3 is 10.1 Å². The van der Waals surface area contributed by atoms with Gasteiger partial charge in [-0.1, -0.05) is 36.0 Å². The van der Waals surface area contributed by atoms with Gasteiger partial charge in [-0.3, -0.25) is 4.79 Å². The average Bonchev–Trinajstić information content (AvgIpc) is 3.24. The van der Waals surface area contributed by atoms with Crippen LogP contribution in [-0.2, 0) is 9.53 Å². The van der Waals surface area contributed by atoms with Crippen molar-refractivity contribution in [3.05, 3.63) is 77.6 Å². The Morgan fingerprint density at radius 2 is 1.91 bits per heavy atom. The Kier molecular flexibility index (Phi) is 6.23. The number of benzene rings is 2. The van der Waals surface area contributed by atoms with E-state index >= 15 is 0 Å². The van der Waals surface area contributed by atoms with Crippen LogP contribution in [0.1, 0.15) is 21.5 Å². The van der Waals surface area contributed by atoms with Crippen molar-refractivity contribution >= 4 is 34.8 Å². The maximum atomic E-state index is 12.5. The maximum Gasteiger partial charge on any atom is 0.339 e. The van der Waals surface area contributed by atoms with Crippen molar-refractivity contribution in [1.82, 2.24) is 14.6 Å². The van der Waals surface area contributed by atoms with Crippen LogP contribution in [0.2, 0.25) is 0 Å². The van der Waals surface area contributed by atoms with Gasteiger partial charge in [-0.15, -0.1) is 0 Å². The van der Waals surface area contributed by atoms with Gasteiger partial charge in [-0.25, -0.2) is 14.3 Å². The van der Waals surface area contributed by atoms with E-state index in [4.69, 9.17) is 4.74 Å². The largest absolute Gasteiger partial charge is 0.465 e. The number of nitrogens with zero attached hydrogens (tertiary/aromatic N) is 3. The molecule has 162 valence electrons. The summed E-state index contributed by atoms with van der Waals surface area (Å²) in [5, 5.41) is 8.14. The predicted molar refractivity (Wildman–Crippen MR) is 125 cm³/mol. The summed E-state index contributed by atoms with van der Waals surface area (Å²) >= 11 is 1.31. The van der Waals surface area contributed by atoms with E-state index in [0.717, 1.165) is 16.8 Å². The number of hydrogen-bond acceptors (Lipinski definition) is 6. The maximum absolute atomic E-state index is 12.5. The highest BCUT2D eigenvalue weighted by molar-refractivity contribution is 8.00. The zero-order valence-corrected chi connectivity index (χ0v) is 18.8. The summed E-state index contributed by atoms with van der Waals surface area (Å²) in [4.78, 5) is 28.9. The highest BCUT2D eigenvalue weighted by atomic mass is 32.2. The standard InChI is InChI=1S/C24H22N4O3S/c1-15-8-9-17(12-16(15)2)20-13-21-23(25-10-11-28(21)27-20)32-14-22(29)26-19-7-5-4-6-18(19)24(30)31-3/h4-13H,14H2,1-3H3,(H,26,29). The van der Waals surface area contributed by atoms with Crippen LogP contribution in [0.3, 0.4) is 0 Å². The molecular formula is C24H22N4O3S. The fourth-order valence-electron chi connectivity index (χ4n) is 3.25. The second kappa shape index (κ2) is 9.23. The summed E-state index contributed by atoms with van der Waals surface area (Å²) in [7, 11) is 1.31. The van der Waals surface area contributed by atoms with Crippen LogP contribution in [0.5, 0.6) is 0 Å². The molecule has 1 N–H and O–H groups in total. The quantitative estimate of drug-likeness (QED) is 0.346. The molecule has 0 fully saturated rings. The summed E-state index contributed by atoms with van der Waals surface area (Å²) in [5.74, 6) is -0.617. The van der Waals surface area contributed by atoms with Gasteiger partial charge in [0.25, 0.3) is 0 Å². The number of hydrogen-bond donors (Lipinski definition) is 1. The Morgan fingerprint density at radius 3 is 2.69 bits per heavy atom. The minimum absolute atomic E-state index is 0.131. The van der Waals surface area contributed by atoms with E-state index in [2.05, 4.69) is 47.4 Å². The molecule has 0 atom stereocenters. The Balaban J connectivity index is 1.51. The Hall–Kier alpha value is -3.65. The van der Waals surface area contributed by atoms with Gasteiger partial charge in [0.2, 0.25) is 5.91 Å². The summed E-state index contributed by atoms with van der Waals surface area (Å²) in [6, 6.07) is 15.0. The van der Waals surface area contributed by atoms with E-state index in [1.807, 2.05) is 6.07 Å².